The number of aryl methyl sites for hydroxylation is 1. The van der Waals surface area contributed by atoms with E-state index in [0.29, 0.717) is 11.8 Å². The number of anilines is 1. The van der Waals surface area contributed by atoms with Gasteiger partial charge in [0, 0.05) is 19.3 Å². The molecule has 8 nitrogen and oxygen atoms in total. The first-order chi connectivity index (χ1) is 13.1. The number of aliphatic hydroxyl groups is 1. The summed E-state index contributed by atoms with van der Waals surface area (Å²) < 4.78 is 12.9. The molecular formula is C18H25N5O3S. The van der Waals surface area contributed by atoms with E-state index in [1.165, 1.54) is 0 Å². The minimum absolute atomic E-state index is 0.151. The van der Waals surface area contributed by atoms with Crippen molar-refractivity contribution in [3.8, 4) is 0 Å². The zero-order valence-electron chi connectivity index (χ0n) is 15.6. The molecule has 9 heteroatoms. The van der Waals surface area contributed by atoms with Crippen molar-refractivity contribution < 1.29 is 13.9 Å². The van der Waals surface area contributed by atoms with Crippen molar-refractivity contribution in [1.29, 1.82) is 0 Å². The average molecular weight is 391 g/mol. The number of nitrogens with one attached hydrogen (secondary N) is 1. The summed E-state index contributed by atoms with van der Waals surface area (Å²) in [6.07, 6.45) is 1.69. The molecule has 0 aromatic carbocycles. The molecule has 0 aliphatic heterocycles. The van der Waals surface area contributed by atoms with Gasteiger partial charge >= 0.3 is 0 Å². The molecule has 2 N–H and O–H groups in total. The zero-order valence-corrected chi connectivity index (χ0v) is 16.4. The third-order valence-corrected chi connectivity index (χ3v) is 4.85. The molecule has 0 aliphatic rings. The van der Waals surface area contributed by atoms with Crippen molar-refractivity contribution in [3.05, 3.63) is 53.6 Å². The summed E-state index contributed by atoms with van der Waals surface area (Å²) in [7, 11) is 3.84. The van der Waals surface area contributed by atoms with Gasteiger partial charge in [0.1, 0.15) is 23.9 Å². The normalized spacial score (nSPS) is 11.4. The molecule has 3 aromatic rings. The summed E-state index contributed by atoms with van der Waals surface area (Å²) in [5.41, 5.74) is 0. The first-order valence-electron chi connectivity index (χ1n) is 8.75. The van der Waals surface area contributed by atoms with Crippen LogP contribution in [-0.4, -0.2) is 44.1 Å². The van der Waals surface area contributed by atoms with Crippen LogP contribution in [0.4, 0.5) is 5.95 Å². The summed E-state index contributed by atoms with van der Waals surface area (Å²) in [6, 6.07) is 7.94. The zero-order chi connectivity index (χ0) is 19.1. The summed E-state index contributed by atoms with van der Waals surface area (Å²) >= 11 is 1.79. The Morgan fingerprint density at radius 2 is 2.04 bits per heavy atom. The molecule has 0 bridgehead atoms. The molecular weight excluding hydrogens is 366 g/mol. The lowest BCUT2D eigenvalue weighted by atomic mass is 10.3. The lowest BCUT2D eigenvalue weighted by Gasteiger charge is -2.12. The van der Waals surface area contributed by atoms with Crippen molar-refractivity contribution >= 4 is 17.7 Å². The highest BCUT2D eigenvalue weighted by atomic mass is 32.2. The topological polar surface area (TPSA) is 92.5 Å². The largest absolute Gasteiger partial charge is 0.468 e. The van der Waals surface area contributed by atoms with E-state index >= 15 is 0 Å². The molecule has 0 saturated carbocycles. The van der Waals surface area contributed by atoms with Gasteiger partial charge in [-0.1, -0.05) is 0 Å². The van der Waals surface area contributed by atoms with E-state index in [0.717, 1.165) is 48.4 Å². The average Bonchev–Trinajstić information content (AvgIpc) is 3.37. The van der Waals surface area contributed by atoms with Crippen molar-refractivity contribution in [3.63, 3.8) is 0 Å². The quantitative estimate of drug-likeness (QED) is 0.482. The van der Waals surface area contributed by atoms with E-state index in [-0.39, 0.29) is 6.61 Å². The van der Waals surface area contributed by atoms with Gasteiger partial charge in [-0.25, -0.2) is 4.68 Å². The van der Waals surface area contributed by atoms with E-state index in [9.17, 15) is 0 Å². The Morgan fingerprint density at radius 1 is 1.22 bits per heavy atom. The SMILES string of the molecule is CN(Cc1ccco1)Cc1ccc(CSCCNc2nc(CO)nn2C)o1. The van der Waals surface area contributed by atoms with E-state index in [1.54, 1.807) is 29.8 Å². The Bertz CT molecular complexity index is 815. The highest BCUT2D eigenvalue weighted by Gasteiger charge is 2.08. The Hall–Kier alpha value is -2.23. The number of thioether (sulfide) groups is 1. The fourth-order valence-corrected chi connectivity index (χ4v) is 3.39. The van der Waals surface area contributed by atoms with Crippen LogP contribution in [0.2, 0.25) is 0 Å². The smallest absolute Gasteiger partial charge is 0.221 e. The van der Waals surface area contributed by atoms with Crippen LogP contribution in [0.1, 0.15) is 23.1 Å². The van der Waals surface area contributed by atoms with E-state index in [1.807, 2.05) is 31.3 Å². The summed E-state index contributed by atoms with van der Waals surface area (Å²) in [5.74, 6) is 5.70. The third-order valence-electron chi connectivity index (χ3n) is 3.87. The van der Waals surface area contributed by atoms with Gasteiger partial charge in [0.25, 0.3) is 0 Å². The lowest BCUT2D eigenvalue weighted by Crippen LogP contribution is -2.16. The second-order valence-corrected chi connectivity index (χ2v) is 7.34. The van der Waals surface area contributed by atoms with Crippen LogP contribution in [0.25, 0.3) is 0 Å². The van der Waals surface area contributed by atoms with Gasteiger partial charge in [-0.15, -0.1) is 0 Å². The second kappa shape index (κ2) is 9.63. The molecule has 0 saturated heterocycles. The van der Waals surface area contributed by atoms with Crippen LogP contribution in [0, 0.1) is 0 Å². The molecule has 0 spiro atoms. The van der Waals surface area contributed by atoms with Crippen molar-refractivity contribution in [2.75, 3.05) is 24.7 Å². The number of aromatic nitrogens is 3. The standard InChI is InChI=1S/C18H25N5O3S/c1-22(10-14-4-3-8-25-14)11-15-5-6-16(26-15)13-27-9-7-19-18-20-17(12-24)21-23(18)2/h3-6,8,24H,7,9-13H2,1-2H3,(H,19,20,21). The van der Waals surface area contributed by atoms with Gasteiger partial charge in [-0.2, -0.15) is 21.8 Å². The Labute approximate surface area is 162 Å². The Kier molecular flexibility index (Phi) is 6.97. The second-order valence-electron chi connectivity index (χ2n) is 6.23. The van der Waals surface area contributed by atoms with E-state index in [2.05, 4.69) is 20.3 Å². The maximum absolute atomic E-state index is 9.04. The minimum atomic E-state index is -0.151. The van der Waals surface area contributed by atoms with E-state index in [4.69, 9.17) is 13.9 Å². The van der Waals surface area contributed by atoms with Gasteiger partial charge < -0.3 is 19.3 Å². The van der Waals surface area contributed by atoms with Crippen LogP contribution in [0.5, 0.6) is 0 Å². The predicted octanol–water partition coefficient (Wildman–Crippen LogP) is 2.47. The highest BCUT2D eigenvalue weighted by molar-refractivity contribution is 7.98. The van der Waals surface area contributed by atoms with Crippen molar-refractivity contribution in [1.82, 2.24) is 19.7 Å². The van der Waals surface area contributed by atoms with Crippen LogP contribution in [0.3, 0.4) is 0 Å². The number of rotatable bonds is 11. The number of nitrogens with zero attached hydrogens (tertiary/aromatic N) is 4. The molecule has 3 rings (SSSR count). The molecule has 0 aliphatic carbocycles. The van der Waals surface area contributed by atoms with E-state index < -0.39 is 0 Å². The first-order valence-corrected chi connectivity index (χ1v) is 9.90. The summed E-state index contributed by atoms with van der Waals surface area (Å²) in [6.45, 7) is 2.11. The number of hydrogen-bond acceptors (Lipinski definition) is 8. The molecule has 27 heavy (non-hydrogen) atoms. The Balaban J connectivity index is 1.35. The highest BCUT2D eigenvalue weighted by Crippen LogP contribution is 2.17. The first kappa shape index (κ1) is 19.5. The van der Waals surface area contributed by atoms with Crippen molar-refractivity contribution in [2.24, 2.45) is 7.05 Å². The summed E-state index contributed by atoms with van der Waals surface area (Å²) in [5, 5.41) is 16.3. The lowest BCUT2D eigenvalue weighted by molar-refractivity contribution is 0.262. The van der Waals surface area contributed by atoms with Gasteiger partial charge in [0.05, 0.1) is 25.1 Å². The fraction of sp³-hybridized carbons (Fsp3) is 0.444. The number of hydrogen-bond donors (Lipinski definition) is 2. The van der Waals surface area contributed by atoms with Crippen molar-refractivity contribution in [2.45, 2.75) is 25.4 Å². The minimum Gasteiger partial charge on any atom is -0.468 e. The maximum atomic E-state index is 9.04. The Morgan fingerprint density at radius 3 is 2.78 bits per heavy atom. The molecule has 0 atom stereocenters. The molecule has 3 aromatic heterocycles. The van der Waals surface area contributed by atoms with Crippen LogP contribution >= 0.6 is 11.8 Å². The van der Waals surface area contributed by atoms with Crippen LogP contribution in [0.15, 0.2) is 39.4 Å². The van der Waals surface area contributed by atoms with Gasteiger partial charge in [0.15, 0.2) is 5.82 Å². The maximum Gasteiger partial charge on any atom is 0.221 e. The molecule has 0 amide bonds. The van der Waals surface area contributed by atoms with Gasteiger partial charge in [-0.3, -0.25) is 4.90 Å². The molecule has 0 fully saturated rings. The van der Waals surface area contributed by atoms with Gasteiger partial charge in [-0.05, 0) is 31.3 Å². The third kappa shape index (κ3) is 5.88. The molecule has 0 unspecified atom stereocenters. The van der Waals surface area contributed by atoms with Crippen LogP contribution in [-0.2, 0) is 32.5 Å². The fourth-order valence-electron chi connectivity index (χ4n) is 2.64. The predicted molar refractivity (Wildman–Crippen MR) is 104 cm³/mol. The molecule has 146 valence electrons. The summed E-state index contributed by atoms with van der Waals surface area (Å²) in [4.78, 5) is 6.35. The number of aliphatic hydroxyl groups excluding tert-OH is 1. The van der Waals surface area contributed by atoms with Gasteiger partial charge in [0.2, 0.25) is 5.95 Å². The molecule has 0 radical (unpaired) electrons. The number of furan rings is 2. The monoisotopic (exact) mass is 391 g/mol. The van der Waals surface area contributed by atoms with Crippen LogP contribution < -0.4 is 5.32 Å². The molecule has 3 heterocycles.